The molecule has 1 atom stereocenters. The maximum atomic E-state index is 13.2. The van der Waals surface area contributed by atoms with E-state index in [1.165, 1.54) is 0 Å². The minimum absolute atomic E-state index is 0.0170. The molecule has 0 aliphatic carbocycles. The number of piperidine rings is 1. The zero-order chi connectivity index (χ0) is 13.3. The third-order valence-corrected chi connectivity index (χ3v) is 3.39. The number of rotatable bonds is 1. The monoisotopic (exact) mass is 254 g/mol. The van der Waals surface area contributed by atoms with Crippen LogP contribution in [0.1, 0.15) is 36.5 Å². The van der Waals surface area contributed by atoms with Crippen LogP contribution in [0.5, 0.6) is 0 Å². The quantitative estimate of drug-likeness (QED) is 0.783. The van der Waals surface area contributed by atoms with Crippen molar-refractivity contribution in [2.75, 3.05) is 12.3 Å². The van der Waals surface area contributed by atoms with Crippen molar-refractivity contribution in [2.24, 2.45) is 0 Å². The van der Waals surface area contributed by atoms with Crippen LogP contribution < -0.4 is 5.73 Å². The summed E-state index contributed by atoms with van der Waals surface area (Å²) in [5, 5.41) is 0. The Kier molecular flexibility index (Phi) is 3.50. The first-order valence-electron chi connectivity index (χ1n) is 6.06. The van der Waals surface area contributed by atoms with Gasteiger partial charge in [0.15, 0.2) is 11.6 Å². The van der Waals surface area contributed by atoms with E-state index in [1.54, 1.807) is 4.90 Å². The van der Waals surface area contributed by atoms with Crippen molar-refractivity contribution in [3.63, 3.8) is 0 Å². The van der Waals surface area contributed by atoms with Gasteiger partial charge in [0.1, 0.15) is 0 Å². The van der Waals surface area contributed by atoms with Gasteiger partial charge in [-0.3, -0.25) is 4.79 Å². The second-order valence-corrected chi connectivity index (χ2v) is 4.70. The highest BCUT2D eigenvalue weighted by Crippen LogP contribution is 2.23. The summed E-state index contributed by atoms with van der Waals surface area (Å²) >= 11 is 0. The van der Waals surface area contributed by atoms with Crippen LogP contribution in [0.2, 0.25) is 0 Å². The minimum Gasteiger partial charge on any atom is -0.398 e. The molecule has 1 unspecified atom stereocenters. The molecule has 2 rings (SSSR count). The number of carbonyl (C=O) groups is 1. The van der Waals surface area contributed by atoms with Crippen LogP contribution >= 0.6 is 0 Å². The van der Waals surface area contributed by atoms with E-state index in [-0.39, 0.29) is 23.2 Å². The maximum absolute atomic E-state index is 13.2. The number of likely N-dealkylation sites (tertiary alicyclic amines) is 1. The lowest BCUT2D eigenvalue weighted by molar-refractivity contribution is 0.0636. The number of hydrogen-bond acceptors (Lipinski definition) is 2. The first-order valence-corrected chi connectivity index (χ1v) is 6.06. The summed E-state index contributed by atoms with van der Waals surface area (Å²) in [5.41, 5.74) is 5.62. The molecule has 0 saturated carbocycles. The van der Waals surface area contributed by atoms with Crippen LogP contribution in [0.4, 0.5) is 14.5 Å². The Morgan fingerprint density at radius 2 is 2.00 bits per heavy atom. The Morgan fingerprint density at radius 1 is 1.33 bits per heavy atom. The molecule has 1 heterocycles. The van der Waals surface area contributed by atoms with Gasteiger partial charge in [-0.15, -0.1) is 0 Å². The number of carbonyl (C=O) groups excluding carboxylic acids is 1. The SMILES string of the molecule is CC1CCCCN1C(=O)c1cc(F)c(F)cc1N. The van der Waals surface area contributed by atoms with Gasteiger partial charge in [-0.2, -0.15) is 0 Å². The number of benzene rings is 1. The summed E-state index contributed by atoms with van der Waals surface area (Å²) < 4.78 is 26.1. The van der Waals surface area contributed by atoms with Crippen molar-refractivity contribution in [1.29, 1.82) is 0 Å². The smallest absolute Gasteiger partial charge is 0.256 e. The number of nitrogens with zero attached hydrogens (tertiary/aromatic N) is 1. The number of anilines is 1. The van der Waals surface area contributed by atoms with Crippen molar-refractivity contribution in [3.8, 4) is 0 Å². The standard InChI is InChI=1S/C13H16F2N2O/c1-8-4-2-3-5-17(8)13(18)9-6-10(14)11(15)7-12(9)16/h6-8H,2-5,16H2,1H3. The lowest BCUT2D eigenvalue weighted by atomic mass is 10.0. The molecule has 0 bridgehead atoms. The van der Waals surface area contributed by atoms with E-state index < -0.39 is 11.6 Å². The molecule has 1 saturated heterocycles. The third kappa shape index (κ3) is 2.30. The molecule has 2 N–H and O–H groups in total. The van der Waals surface area contributed by atoms with Gasteiger partial charge in [-0.05, 0) is 32.3 Å². The molecular formula is C13H16F2N2O. The van der Waals surface area contributed by atoms with E-state index in [0.29, 0.717) is 6.54 Å². The fraction of sp³-hybridized carbons (Fsp3) is 0.462. The van der Waals surface area contributed by atoms with Crippen LogP contribution in [0, 0.1) is 11.6 Å². The molecular weight excluding hydrogens is 238 g/mol. The predicted octanol–water partition coefficient (Wildman–Crippen LogP) is 2.56. The van der Waals surface area contributed by atoms with Crippen LogP contribution in [-0.4, -0.2) is 23.4 Å². The molecule has 1 aliphatic rings. The average Bonchev–Trinajstić information content (AvgIpc) is 2.33. The zero-order valence-electron chi connectivity index (χ0n) is 10.2. The van der Waals surface area contributed by atoms with Gasteiger partial charge in [-0.1, -0.05) is 0 Å². The Bertz CT molecular complexity index is 476. The average molecular weight is 254 g/mol. The highest BCUT2D eigenvalue weighted by atomic mass is 19.2. The van der Waals surface area contributed by atoms with Crippen molar-refractivity contribution in [3.05, 3.63) is 29.3 Å². The van der Waals surface area contributed by atoms with Crippen LogP contribution in [0.15, 0.2) is 12.1 Å². The topological polar surface area (TPSA) is 46.3 Å². The summed E-state index contributed by atoms with van der Waals surface area (Å²) in [7, 11) is 0. The van der Waals surface area contributed by atoms with Gasteiger partial charge in [0, 0.05) is 24.3 Å². The Morgan fingerprint density at radius 3 is 2.67 bits per heavy atom. The van der Waals surface area contributed by atoms with Gasteiger partial charge in [0.2, 0.25) is 0 Å². The van der Waals surface area contributed by atoms with E-state index in [0.717, 1.165) is 31.4 Å². The molecule has 1 aromatic carbocycles. The van der Waals surface area contributed by atoms with Crippen molar-refractivity contribution in [1.82, 2.24) is 4.90 Å². The summed E-state index contributed by atoms with van der Waals surface area (Å²) in [5.74, 6) is -2.40. The second kappa shape index (κ2) is 4.92. The van der Waals surface area contributed by atoms with Crippen molar-refractivity contribution >= 4 is 11.6 Å². The van der Waals surface area contributed by atoms with E-state index in [2.05, 4.69) is 0 Å². The van der Waals surface area contributed by atoms with Crippen LogP contribution in [-0.2, 0) is 0 Å². The van der Waals surface area contributed by atoms with Crippen LogP contribution in [0.25, 0.3) is 0 Å². The Labute approximate surface area is 105 Å². The molecule has 1 amide bonds. The summed E-state index contributed by atoms with van der Waals surface area (Å²) in [6, 6.07) is 1.85. The highest BCUT2D eigenvalue weighted by Gasteiger charge is 2.26. The molecule has 98 valence electrons. The number of amides is 1. The maximum Gasteiger partial charge on any atom is 0.256 e. The molecule has 1 fully saturated rings. The summed E-state index contributed by atoms with van der Waals surface area (Å²) in [6.45, 7) is 2.59. The Hall–Kier alpha value is -1.65. The molecule has 1 aromatic rings. The van der Waals surface area contributed by atoms with Gasteiger partial charge in [0.05, 0.1) is 5.56 Å². The fourth-order valence-electron chi connectivity index (χ4n) is 2.30. The fourth-order valence-corrected chi connectivity index (χ4v) is 2.30. The first-order chi connectivity index (χ1) is 8.50. The third-order valence-electron chi connectivity index (χ3n) is 3.39. The molecule has 0 spiro atoms. The lowest BCUT2D eigenvalue weighted by Crippen LogP contribution is -2.42. The van der Waals surface area contributed by atoms with Gasteiger partial charge < -0.3 is 10.6 Å². The summed E-state index contributed by atoms with van der Waals surface area (Å²) in [4.78, 5) is 13.9. The van der Waals surface area contributed by atoms with Gasteiger partial charge in [-0.25, -0.2) is 8.78 Å². The van der Waals surface area contributed by atoms with E-state index >= 15 is 0 Å². The molecule has 0 aromatic heterocycles. The van der Waals surface area contributed by atoms with Gasteiger partial charge >= 0.3 is 0 Å². The molecule has 3 nitrogen and oxygen atoms in total. The Balaban J connectivity index is 2.30. The van der Waals surface area contributed by atoms with Crippen molar-refractivity contribution in [2.45, 2.75) is 32.2 Å². The zero-order valence-corrected chi connectivity index (χ0v) is 10.2. The molecule has 0 radical (unpaired) electrons. The first kappa shape index (κ1) is 12.8. The van der Waals surface area contributed by atoms with Gasteiger partial charge in [0.25, 0.3) is 5.91 Å². The molecule has 18 heavy (non-hydrogen) atoms. The number of hydrogen-bond donors (Lipinski definition) is 1. The van der Waals surface area contributed by atoms with Crippen molar-refractivity contribution < 1.29 is 13.6 Å². The molecule has 1 aliphatic heterocycles. The van der Waals surface area contributed by atoms with E-state index in [9.17, 15) is 13.6 Å². The lowest BCUT2D eigenvalue weighted by Gasteiger charge is -2.33. The largest absolute Gasteiger partial charge is 0.398 e. The van der Waals surface area contributed by atoms with E-state index in [1.807, 2.05) is 6.92 Å². The van der Waals surface area contributed by atoms with Crippen LogP contribution in [0.3, 0.4) is 0 Å². The minimum atomic E-state index is -1.04. The van der Waals surface area contributed by atoms with E-state index in [4.69, 9.17) is 5.73 Å². The normalized spacial score (nSPS) is 19.9. The molecule has 5 heteroatoms. The number of nitrogens with two attached hydrogens (primary N) is 1. The number of halogens is 2. The second-order valence-electron chi connectivity index (χ2n) is 4.70. The highest BCUT2D eigenvalue weighted by molar-refractivity contribution is 5.99. The number of nitrogen functional groups attached to an aromatic ring is 1. The predicted molar refractivity (Wildman–Crippen MR) is 65.1 cm³/mol. The summed E-state index contributed by atoms with van der Waals surface area (Å²) in [6.07, 6.45) is 2.94.